The topological polar surface area (TPSA) is 32.3 Å². The standard InChI is InChI=1S/C16H17FN2O/c1-11-8-9-12(10-14(11)17)18-16(20)13-6-4-5-7-15(13)19(2)3/h4-10H,1-3H3,(H,18,20). The van der Waals surface area contributed by atoms with Gasteiger partial charge < -0.3 is 10.2 Å². The molecule has 3 nitrogen and oxygen atoms in total. The van der Waals surface area contributed by atoms with Crippen molar-refractivity contribution < 1.29 is 9.18 Å². The molecule has 0 unspecified atom stereocenters. The number of nitrogens with one attached hydrogen (secondary N) is 1. The Bertz CT molecular complexity index is 638. The van der Waals surface area contributed by atoms with Crippen LogP contribution in [-0.4, -0.2) is 20.0 Å². The Morgan fingerprint density at radius 3 is 2.50 bits per heavy atom. The van der Waals surface area contributed by atoms with Crippen molar-refractivity contribution in [3.05, 3.63) is 59.4 Å². The van der Waals surface area contributed by atoms with Crippen LogP contribution in [-0.2, 0) is 0 Å². The number of halogens is 1. The molecule has 1 amide bonds. The molecule has 1 N–H and O–H groups in total. The highest BCUT2D eigenvalue weighted by Crippen LogP contribution is 2.20. The fraction of sp³-hybridized carbons (Fsp3) is 0.188. The van der Waals surface area contributed by atoms with Crippen LogP contribution >= 0.6 is 0 Å². The third kappa shape index (κ3) is 2.96. The molecule has 2 aromatic rings. The lowest BCUT2D eigenvalue weighted by molar-refractivity contribution is 0.102. The van der Waals surface area contributed by atoms with E-state index >= 15 is 0 Å². The number of nitrogens with zero attached hydrogens (tertiary/aromatic N) is 1. The highest BCUT2D eigenvalue weighted by atomic mass is 19.1. The number of rotatable bonds is 3. The van der Waals surface area contributed by atoms with Crippen LogP contribution in [0.25, 0.3) is 0 Å². The van der Waals surface area contributed by atoms with Crippen molar-refractivity contribution in [1.82, 2.24) is 0 Å². The molecule has 4 heteroatoms. The Kier molecular flexibility index (Phi) is 4.03. The molecule has 20 heavy (non-hydrogen) atoms. The van der Waals surface area contributed by atoms with Crippen molar-refractivity contribution in [2.75, 3.05) is 24.3 Å². The maximum Gasteiger partial charge on any atom is 0.257 e. The molecular weight excluding hydrogens is 255 g/mol. The van der Waals surface area contributed by atoms with Crippen LogP contribution in [0.3, 0.4) is 0 Å². The predicted octanol–water partition coefficient (Wildman–Crippen LogP) is 3.45. The van der Waals surface area contributed by atoms with E-state index in [2.05, 4.69) is 5.32 Å². The second kappa shape index (κ2) is 5.74. The zero-order chi connectivity index (χ0) is 14.7. The summed E-state index contributed by atoms with van der Waals surface area (Å²) in [6.45, 7) is 1.68. The first-order valence-corrected chi connectivity index (χ1v) is 6.33. The van der Waals surface area contributed by atoms with Gasteiger partial charge in [0.15, 0.2) is 0 Å². The van der Waals surface area contributed by atoms with Crippen molar-refractivity contribution in [3.63, 3.8) is 0 Å². The molecule has 0 aliphatic heterocycles. The van der Waals surface area contributed by atoms with E-state index in [0.29, 0.717) is 16.8 Å². The van der Waals surface area contributed by atoms with E-state index in [-0.39, 0.29) is 11.7 Å². The van der Waals surface area contributed by atoms with Gasteiger partial charge in [-0.05, 0) is 36.8 Å². The quantitative estimate of drug-likeness (QED) is 0.928. The van der Waals surface area contributed by atoms with E-state index in [1.165, 1.54) is 6.07 Å². The summed E-state index contributed by atoms with van der Waals surface area (Å²) in [6.07, 6.45) is 0. The lowest BCUT2D eigenvalue weighted by Gasteiger charge is -2.17. The molecule has 0 aliphatic carbocycles. The molecule has 0 radical (unpaired) electrons. The Labute approximate surface area is 118 Å². The second-order valence-electron chi connectivity index (χ2n) is 4.83. The van der Waals surface area contributed by atoms with Crippen LogP contribution < -0.4 is 10.2 Å². The average molecular weight is 272 g/mol. The SMILES string of the molecule is Cc1ccc(NC(=O)c2ccccc2N(C)C)cc1F. The first-order valence-electron chi connectivity index (χ1n) is 6.33. The molecule has 0 saturated carbocycles. The Morgan fingerprint density at radius 1 is 1.15 bits per heavy atom. The molecule has 0 spiro atoms. The number of benzene rings is 2. The Balaban J connectivity index is 2.26. The smallest absolute Gasteiger partial charge is 0.257 e. The largest absolute Gasteiger partial charge is 0.377 e. The molecule has 0 fully saturated rings. The normalized spacial score (nSPS) is 10.2. The minimum Gasteiger partial charge on any atom is -0.377 e. The summed E-state index contributed by atoms with van der Waals surface area (Å²) in [7, 11) is 3.75. The number of hydrogen-bond acceptors (Lipinski definition) is 2. The van der Waals surface area contributed by atoms with Crippen LogP contribution in [0.5, 0.6) is 0 Å². The number of hydrogen-bond donors (Lipinski definition) is 1. The van der Waals surface area contributed by atoms with Gasteiger partial charge in [-0.25, -0.2) is 4.39 Å². The van der Waals surface area contributed by atoms with Crippen LogP contribution in [0, 0.1) is 12.7 Å². The molecule has 2 aromatic carbocycles. The van der Waals surface area contributed by atoms with Gasteiger partial charge in [-0.1, -0.05) is 18.2 Å². The van der Waals surface area contributed by atoms with Crippen molar-refractivity contribution >= 4 is 17.3 Å². The Morgan fingerprint density at radius 2 is 1.85 bits per heavy atom. The lowest BCUT2D eigenvalue weighted by atomic mass is 10.1. The summed E-state index contributed by atoms with van der Waals surface area (Å²) in [5, 5.41) is 2.72. The second-order valence-corrected chi connectivity index (χ2v) is 4.83. The minimum absolute atomic E-state index is 0.252. The van der Waals surface area contributed by atoms with Gasteiger partial charge in [-0.15, -0.1) is 0 Å². The molecule has 0 heterocycles. The summed E-state index contributed by atoms with van der Waals surface area (Å²) < 4.78 is 13.5. The van der Waals surface area contributed by atoms with Crippen molar-refractivity contribution in [2.45, 2.75) is 6.92 Å². The first-order chi connectivity index (χ1) is 9.49. The summed E-state index contributed by atoms with van der Waals surface area (Å²) >= 11 is 0. The fourth-order valence-electron chi connectivity index (χ4n) is 1.92. The Hall–Kier alpha value is -2.36. The fourth-order valence-corrected chi connectivity index (χ4v) is 1.92. The van der Waals surface area contributed by atoms with Crippen LogP contribution in [0.15, 0.2) is 42.5 Å². The summed E-state index contributed by atoms with van der Waals surface area (Å²) in [5.74, 6) is -0.582. The van der Waals surface area contributed by atoms with Gasteiger partial charge in [0.2, 0.25) is 0 Å². The van der Waals surface area contributed by atoms with E-state index < -0.39 is 0 Å². The summed E-state index contributed by atoms with van der Waals surface area (Å²) in [5.41, 5.74) is 2.37. The van der Waals surface area contributed by atoms with Gasteiger partial charge in [0.05, 0.1) is 5.56 Å². The van der Waals surface area contributed by atoms with Crippen LogP contribution in [0.1, 0.15) is 15.9 Å². The minimum atomic E-state index is -0.330. The van der Waals surface area contributed by atoms with Crippen LogP contribution in [0.2, 0.25) is 0 Å². The molecule has 0 aliphatic rings. The maximum atomic E-state index is 13.5. The zero-order valence-electron chi connectivity index (χ0n) is 11.8. The molecular formula is C16H17FN2O. The van der Waals surface area contributed by atoms with E-state index in [0.717, 1.165) is 5.69 Å². The van der Waals surface area contributed by atoms with Crippen molar-refractivity contribution in [2.24, 2.45) is 0 Å². The van der Waals surface area contributed by atoms with Crippen LogP contribution in [0.4, 0.5) is 15.8 Å². The summed E-state index contributed by atoms with van der Waals surface area (Å²) in [6, 6.07) is 11.9. The maximum absolute atomic E-state index is 13.5. The molecule has 0 aromatic heterocycles. The molecule has 0 bridgehead atoms. The number of amides is 1. The number of anilines is 2. The highest BCUT2D eigenvalue weighted by Gasteiger charge is 2.12. The van der Waals surface area contributed by atoms with E-state index in [4.69, 9.17) is 0 Å². The highest BCUT2D eigenvalue weighted by molar-refractivity contribution is 6.08. The van der Waals surface area contributed by atoms with Crippen molar-refractivity contribution in [1.29, 1.82) is 0 Å². The third-order valence-corrected chi connectivity index (χ3v) is 3.06. The van der Waals surface area contributed by atoms with Gasteiger partial charge in [0.25, 0.3) is 5.91 Å². The van der Waals surface area contributed by atoms with E-state index in [9.17, 15) is 9.18 Å². The van der Waals surface area contributed by atoms with Gasteiger partial charge in [-0.3, -0.25) is 4.79 Å². The average Bonchev–Trinajstić information content (AvgIpc) is 2.43. The molecule has 2 rings (SSSR count). The number of para-hydroxylation sites is 1. The lowest BCUT2D eigenvalue weighted by Crippen LogP contribution is -2.18. The molecule has 104 valence electrons. The third-order valence-electron chi connectivity index (χ3n) is 3.06. The monoisotopic (exact) mass is 272 g/mol. The summed E-state index contributed by atoms with van der Waals surface area (Å²) in [4.78, 5) is 14.1. The van der Waals surface area contributed by atoms with E-state index in [1.807, 2.05) is 31.1 Å². The predicted molar refractivity (Wildman–Crippen MR) is 79.9 cm³/mol. The zero-order valence-corrected chi connectivity index (χ0v) is 11.8. The van der Waals surface area contributed by atoms with Crippen molar-refractivity contribution in [3.8, 4) is 0 Å². The van der Waals surface area contributed by atoms with Gasteiger partial charge in [0.1, 0.15) is 5.82 Å². The first kappa shape index (κ1) is 14.1. The number of carbonyl (C=O) groups excluding carboxylic acids is 1. The molecule has 0 atom stereocenters. The van der Waals surface area contributed by atoms with Gasteiger partial charge >= 0.3 is 0 Å². The number of carbonyl (C=O) groups is 1. The number of aryl methyl sites for hydroxylation is 1. The van der Waals surface area contributed by atoms with Gasteiger partial charge in [0, 0.05) is 25.5 Å². The molecule has 0 saturated heterocycles. The van der Waals surface area contributed by atoms with Gasteiger partial charge in [-0.2, -0.15) is 0 Å². The van der Waals surface area contributed by atoms with E-state index in [1.54, 1.807) is 31.2 Å².